The van der Waals surface area contributed by atoms with Crippen molar-refractivity contribution in [3.05, 3.63) is 46.8 Å². The van der Waals surface area contributed by atoms with Gasteiger partial charge in [-0.15, -0.1) is 0 Å². The summed E-state index contributed by atoms with van der Waals surface area (Å²) in [5, 5.41) is 4.52. The van der Waals surface area contributed by atoms with Gasteiger partial charge in [0, 0.05) is 67.9 Å². The number of hydrogen-bond acceptors (Lipinski definition) is 6. The van der Waals surface area contributed by atoms with E-state index in [4.69, 9.17) is 9.97 Å². The summed E-state index contributed by atoms with van der Waals surface area (Å²) < 4.78 is 1.94. The molecule has 4 rings (SSSR count). The van der Waals surface area contributed by atoms with Gasteiger partial charge in [-0.05, 0) is 26.8 Å². The van der Waals surface area contributed by atoms with Gasteiger partial charge in [-0.1, -0.05) is 6.92 Å². The normalized spacial score (nSPS) is 15.6. The molecular formula is C20H27N7. The summed E-state index contributed by atoms with van der Waals surface area (Å²) in [7, 11) is 0. The third kappa shape index (κ3) is 3.64. The summed E-state index contributed by atoms with van der Waals surface area (Å²) in [5.74, 6) is 1.98. The Morgan fingerprint density at radius 2 is 1.67 bits per heavy atom. The monoisotopic (exact) mass is 365 g/mol. The van der Waals surface area contributed by atoms with Crippen LogP contribution in [0.2, 0.25) is 0 Å². The molecule has 0 spiro atoms. The maximum Gasteiger partial charge on any atom is 0.159 e. The minimum atomic E-state index is 0.870. The zero-order valence-corrected chi connectivity index (χ0v) is 16.6. The van der Waals surface area contributed by atoms with Gasteiger partial charge in [-0.3, -0.25) is 4.90 Å². The SMILES string of the molecule is CCc1nc(C)cc(N2CCN(Cc3cnn4c(C)cc(C)nc34)CC2)n1. The second kappa shape index (κ2) is 7.23. The molecule has 7 heteroatoms. The summed E-state index contributed by atoms with van der Waals surface area (Å²) in [5.41, 5.74) is 5.38. The van der Waals surface area contributed by atoms with Gasteiger partial charge in [-0.2, -0.15) is 5.10 Å². The van der Waals surface area contributed by atoms with Crippen molar-refractivity contribution in [2.75, 3.05) is 31.1 Å². The average Bonchev–Trinajstić information content (AvgIpc) is 3.04. The highest BCUT2D eigenvalue weighted by Gasteiger charge is 2.20. The number of rotatable bonds is 4. The number of hydrogen-bond donors (Lipinski definition) is 0. The Kier molecular flexibility index (Phi) is 4.78. The molecular weight excluding hydrogens is 338 g/mol. The molecule has 7 nitrogen and oxygen atoms in total. The molecule has 0 aromatic carbocycles. The zero-order valence-electron chi connectivity index (χ0n) is 16.6. The summed E-state index contributed by atoms with van der Waals surface area (Å²) in [6, 6.07) is 4.16. The molecule has 1 fully saturated rings. The van der Waals surface area contributed by atoms with Crippen LogP contribution in [0.1, 0.15) is 35.4 Å². The fourth-order valence-corrected chi connectivity index (χ4v) is 3.74. The molecule has 4 heterocycles. The summed E-state index contributed by atoms with van der Waals surface area (Å²) in [4.78, 5) is 18.7. The van der Waals surface area contributed by atoms with Gasteiger partial charge in [0.25, 0.3) is 0 Å². The highest BCUT2D eigenvalue weighted by atomic mass is 15.3. The Morgan fingerprint density at radius 1 is 0.926 bits per heavy atom. The van der Waals surface area contributed by atoms with E-state index in [1.165, 1.54) is 5.56 Å². The quantitative estimate of drug-likeness (QED) is 0.707. The Morgan fingerprint density at radius 3 is 2.41 bits per heavy atom. The van der Waals surface area contributed by atoms with Crippen molar-refractivity contribution in [3.63, 3.8) is 0 Å². The molecule has 0 bridgehead atoms. The molecule has 1 aliphatic heterocycles. The first-order chi connectivity index (χ1) is 13.0. The Balaban J connectivity index is 1.45. The van der Waals surface area contributed by atoms with Crippen molar-refractivity contribution >= 4 is 11.5 Å². The van der Waals surface area contributed by atoms with E-state index in [0.29, 0.717) is 0 Å². The molecule has 3 aromatic heterocycles. The molecule has 0 aliphatic carbocycles. The van der Waals surface area contributed by atoms with E-state index in [0.717, 1.165) is 73.5 Å². The number of aromatic nitrogens is 5. The number of nitrogens with zero attached hydrogens (tertiary/aromatic N) is 7. The molecule has 0 unspecified atom stereocenters. The third-order valence-electron chi connectivity index (χ3n) is 5.14. The van der Waals surface area contributed by atoms with Gasteiger partial charge >= 0.3 is 0 Å². The maximum atomic E-state index is 4.71. The van der Waals surface area contributed by atoms with Crippen LogP contribution in [0.5, 0.6) is 0 Å². The van der Waals surface area contributed by atoms with E-state index in [2.05, 4.69) is 45.9 Å². The van der Waals surface area contributed by atoms with Gasteiger partial charge in [0.05, 0.1) is 6.20 Å². The fourth-order valence-electron chi connectivity index (χ4n) is 3.74. The van der Waals surface area contributed by atoms with Crippen LogP contribution in [-0.4, -0.2) is 55.6 Å². The predicted molar refractivity (Wildman–Crippen MR) is 106 cm³/mol. The van der Waals surface area contributed by atoms with Gasteiger partial charge in [0.2, 0.25) is 0 Å². The van der Waals surface area contributed by atoms with Crippen LogP contribution in [0.25, 0.3) is 5.65 Å². The highest BCUT2D eigenvalue weighted by Crippen LogP contribution is 2.18. The molecule has 0 N–H and O–H groups in total. The number of fused-ring (bicyclic) bond motifs is 1. The van der Waals surface area contributed by atoms with Gasteiger partial charge < -0.3 is 4.90 Å². The Hall–Kier alpha value is -2.54. The Bertz CT molecular complexity index is 954. The molecule has 1 saturated heterocycles. The van der Waals surface area contributed by atoms with E-state index in [1.54, 1.807) is 0 Å². The zero-order chi connectivity index (χ0) is 19.0. The maximum absolute atomic E-state index is 4.71. The molecule has 1 aliphatic rings. The fraction of sp³-hybridized carbons (Fsp3) is 0.500. The third-order valence-corrected chi connectivity index (χ3v) is 5.14. The predicted octanol–water partition coefficient (Wildman–Crippen LogP) is 2.33. The van der Waals surface area contributed by atoms with Gasteiger partial charge in [-0.25, -0.2) is 19.5 Å². The lowest BCUT2D eigenvalue weighted by molar-refractivity contribution is 0.250. The van der Waals surface area contributed by atoms with Gasteiger partial charge in [0.1, 0.15) is 11.6 Å². The highest BCUT2D eigenvalue weighted by molar-refractivity contribution is 5.48. The average molecular weight is 365 g/mol. The van der Waals surface area contributed by atoms with E-state index in [-0.39, 0.29) is 0 Å². The van der Waals surface area contributed by atoms with Crippen LogP contribution < -0.4 is 4.90 Å². The minimum Gasteiger partial charge on any atom is -0.354 e. The van der Waals surface area contributed by atoms with Crippen molar-refractivity contribution in [3.8, 4) is 0 Å². The van der Waals surface area contributed by atoms with Crippen molar-refractivity contribution < 1.29 is 0 Å². The molecule has 0 saturated carbocycles. The van der Waals surface area contributed by atoms with Gasteiger partial charge in [0.15, 0.2) is 5.65 Å². The first-order valence-corrected chi connectivity index (χ1v) is 9.66. The van der Waals surface area contributed by atoms with Crippen LogP contribution in [0, 0.1) is 20.8 Å². The summed E-state index contributed by atoms with van der Waals surface area (Å²) >= 11 is 0. The molecule has 142 valence electrons. The van der Waals surface area contributed by atoms with Crippen LogP contribution >= 0.6 is 0 Å². The van der Waals surface area contributed by atoms with E-state index in [1.807, 2.05) is 24.6 Å². The standard InChI is InChI=1S/C20H27N7/c1-5-18-22-15(3)11-19(24-18)26-8-6-25(7-9-26)13-17-12-21-27-16(4)10-14(2)23-20(17)27/h10-12H,5-9,13H2,1-4H3. The first-order valence-electron chi connectivity index (χ1n) is 9.66. The lowest BCUT2D eigenvalue weighted by Gasteiger charge is -2.35. The largest absolute Gasteiger partial charge is 0.354 e. The second-order valence-electron chi connectivity index (χ2n) is 7.34. The Labute approximate surface area is 160 Å². The second-order valence-corrected chi connectivity index (χ2v) is 7.34. The van der Waals surface area contributed by atoms with Crippen LogP contribution in [-0.2, 0) is 13.0 Å². The van der Waals surface area contributed by atoms with Crippen molar-refractivity contribution in [2.24, 2.45) is 0 Å². The first kappa shape index (κ1) is 17.9. The molecule has 0 atom stereocenters. The van der Waals surface area contributed by atoms with Crippen LogP contribution in [0.3, 0.4) is 0 Å². The molecule has 3 aromatic rings. The summed E-state index contributed by atoms with van der Waals surface area (Å²) in [6.07, 6.45) is 2.83. The molecule has 0 radical (unpaired) electrons. The lowest BCUT2D eigenvalue weighted by Crippen LogP contribution is -2.46. The van der Waals surface area contributed by atoms with Crippen LogP contribution in [0.15, 0.2) is 18.3 Å². The summed E-state index contributed by atoms with van der Waals surface area (Å²) in [6.45, 7) is 13.1. The smallest absolute Gasteiger partial charge is 0.159 e. The van der Waals surface area contributed by atoms with Crippen LogP contribution in [0.4, 0.5) is 5.82 Å². The van der Waals surface area contributed by atoms with Crippen molar-refractivity contribution in [1.82, 2.24) is 29.5 Å². The van der Waals surface area contributed by atoms with Crippen molar-refractivity contribution in [2.45, 2.75) is 40.7 Å². The number of piperazine rings is 1. The number of aryl methyl sites for hydroxylation is 4. The minimum absolute atomic E-state index is 0.870. The number of anilines is 1. The molecule has 0 amide bonds. The van der Waals surface area contributed by atoms with E-state index >= 15 is 0 Å². The lowest BCUT2D eigenvalue weighted by atomic mass is 10.2. The van der Waals surface area contributed by atoms with E-state index in [9.17, 15) is 0 Å². The topological polar surface area (TPSA) is 62.5 Å². The van der Waals surface area contributed by atoms with E-state index < -0.39 is 0 Å². The van der Waals surface area contributed by atoms with Crippen molar-refractivity contribution in [1.29, 1.82) is 0 Å². The molecule has 27 heavy (non-hydrogen) atoms.